The molecule has 3 N–H and O–H groups in total. The molecule has 1 rings (SSSR count). The highest BCUT2D eigenvalue weighted by molar-refractivity contribution is 7.18. The predicted molar refractivity (Wildman–Crippen MR) is 77.3 cm³/mol. The lowest BCUT2D eigenvalue weighted by atomic mass is 10.1. The smallest absolute Gasteiger partial charge is 0.350 e. The zero-order valence-electron chi connectivity index (χ0n) is 11.4. The zero-order valence-corrected chi connectivity index (χ0v) is 12.3. The minimum absolute atomic E-state index is 0.200. The van der Waals surface area contributed by atoms with Crippen molar-refractivity contribution in [2.24, 2.45) is 5.92 Å². The summed E-state index contributed by atoms with van der Waals surface area (Å²) in [6.45, 7) is 5.09. The number of nitrogens with zero attached hydrogens (tertiary/aromatic N) is 1. The van der Waals surface area contributed by atoms with E-state index in [4.69, 9.17) is 11.0 Å². The number of rotatable bonds is 6. The van der Waals surface area contributed by atoms with Gasteiger partial charge in [-0.05, 0) is 18.8 Å². The van der Waals surface area contributed by atoms with Crippen LogP contribution < -0.4 is 11.1 Å². The maximum absolute atomic E-state index is 11.5. The summed E-state index contributed by atoms with van der Waals surface area (Å²) in [7, 11) is 1.29. The molecule has 0 radical (unpaired) electrons. The van der Waals surface area contributed by atoms with Crippen molar-refractivity contribution in [3.63, 3.8) is 0 Å². The number of nitriles is 1. The Morgan fingerprint density at radius 2 is 2.26 bits per heavy atom. The third-order valence-electron chi connectivity index (χ3n) is 2.67. The van der Waals surface area contributed by atoms with E-state index in [9.17, 15) is 4.79 Å². The lowest BCUT2D eigenvalue weighted by molar-refractivity contribution is 0.0607. The van der Waals surface area contributed by atoms with E-state index in [0.717, 1.165) is 19.4 Å². The summed E-state index contributed by atoms with van der Waals surface area (Å²) in [5, 5.41) is 12.9. The lowest BCUT2D eigenvalue weighted by Gasteiger charge is -2.06. The number of esters is 1. The minimum Gasteiger partial charge on any atom is -0.465 e. The fraction of sp³-hybridized carbons (Fsp3) is 0.538. The van der Waals surface area contributed by atoms with Crippen LogP contribution in [-0.2, 0) is 4.74 Å². The number of carbonyl (C=O) groups excluding carboxylic acids is 1. The van der Waals surface area contributed by atoms with Gasteiger partial charge in [0.25, 0.3) is 0 Å². The summed E-state index contributed by atoms with van der Waals surface area (Å²) in [6, 6.07) is 2.03. The van der Waals surface area contributed by atoms with Gasteiger partial charge in [-0.15, -0.1) is 11.3 Å². The van der Waals surface area contributed by atoms with Gasteiger partial charge in [0.1, 0.15) is 21.5 Å². The van der Waals surface area contributed by atoms with Crippen LogP contribution in [0.15, 0.2) is 0 Å². The number of nitrogens with two attached hydrogens (primary N) is 1. The zero-order chi connectivity index (χ0) is 14.4. The average molecular weight is 281 g/mol. The van der Waals surface area contributed by atoms with E-state index < -0.39 is 5.97 Å². The number of ether oxygens (including phenoxy) is 1. The second kappa shape index (κ2) is 7.00. The summed E-state index contributed by atoms with van der Waals surface area (Å²) in [5.74, 6) is 0.144. The minimum atomic E-state index is -0.505. The predicted octanol–water partition coefficient (Wildman–Crippen LogP) is 2.84. The Morgan fingerprint density at radius 1 is 1.58 bits per heavy atom. The van der Waals surface area contributed by atoms with Gasteiger partial charge in [-0.3, -0.25) is 0 Å². The SMILES string of the molecule is COC(=O)c1sc(NCCCC(C)C)c(C#N)c1N. The molecule has 0 saturated heterocycles. The van der Waals surface area contributed by atoms with Crippen molar-refractivity contribution in [2.45, 2.75) is 26.7 Å². The van der Waals surface area contributed by atoms with E-state index in [-0.39, 0.29) is 10.6 Å². The summed E-state index contributed by atoms with van der Waals surface area (Å²) in [6.07, 6.45) is 2.12. The molecule has 0 atom stereocenters. The van der Waals surface area contributed by atoms with Gasteiger partial charge in [-0.2, -0.15) is 5.26 Å². The quantitative estimate of drug-likeness (QED) is 0.618. The Labute approximate surface area is 117 Å². The molecule has 0 bridgehead atoms. The number of nitrogens with one attached hydrogen (secondary N) is 1. The highest BCUT2D eigenvalue weighted by atomic mass is 32.1. The summed E-state index contributed by atoms with van der Waals surface area (Å²) in [4.78, 5) is 11.8. The van der Waals surface area contributed by atoms with Gasteiger partial charge in [0.2, 0.25) is 0 Å². The van der Waals surface area contributed by atoms with E-state index in [1.165, 1.54) is 18.4 Å². The number of hydrogen-bond acceptors (Lipinski definition) is 6. The van der Waals surface area contributed by atoms with Crippen molar-refractivity contribution < 1.29 is 9.53 Å². The fourth-order valence-electron chi connectivity index (χ4n) is 1.64. The molecule has 0 unspecified atom stereocenters. The molecular weight excluding hydrogens is 262 g/mol. The van der Waals surface area contributed by atoms with Crippen molar-refractivity contribution in [1.82, 2.24) is 0 Å². The average Bonchev–Trinajstić information content (AvgIpc) is 2.70. The Morgan fingerprint density at radius 3 is 2.79 bits per heavy atom. The van der Waals surface area contributed by atoms with Crippen LogP contribution in [0.2, 0.25) is 0 Å². The number of anilines is 2. The second-order valence-electron chi connectivity index (χ2n) is 4.62. The largest absolute Gasteiger partial charge is 0.465 e. The van der Waals surface area contributed by atoms with Crippen molar-refractivity contribution in [2.75, 3.05) is 24.7 Å². The van der Waals surface area contributed by atoms with Gasteiger partial charge in [0.05, 0.1) is 12.8 Å². The maximum atomic E-state index is 11.5. The number of nitrogen functional groups attached to an aromatic ring is 1. The number of thiophene rings is 1. The van der Waals surface area contributed by atoms with E-state index in [0.29, 0.717) is 16.5 Å². The highest BCUT2D eigenvalue weighted by Crippen LogP contribution is 2.35. The first-order chi connectivity index (χ1) is 9.01. The lowest BCUT2D eigenvalue weighted by Crippen LogP contribution is -2.03. The van der Waals surface area contributed by atoms with Crippen LogP contribution in [-0.4, -0.2) is 19.6 Å². The highest BCUT2D eigenvalue weighted by Gasteiger charge is 2.21. The van der Waals surface area contributed by atoms with Crippen LogP contribution in [0.4, 0.5) is 10.7 Å². The van der Waals surface area contributed by atoms with Gasteiger partial charge >= 0.3 is 5.97 Å². The molecule has 1 aromatic heterocycles. The Balaban J connectivity index is 2.78. The normalized spacial score (nSPS) is 10.3. The first-order valence-corrected chi connectivity index (χ1v) is 6.97. The van der Waals surface area contributed by atoms with E-state index in [1.54, 1.807) is 0 Å². The standard InChI is InChI=1S/C13H19N3O2S/c1-8(2)5-4-6-16-12-9(7-14)10(15)11(19-12)13(17)18-3/h8,16H,4-6,15H2,1-3H3. The van der Waals surface area contributed by atoms with Crippen LogP contribution in [0.25, 0.3) is 0 Å². The molecule has 104 valence electrons. The van der Waals surface area contributed by atoms with Gasteiger partial charge in [0.15, 0.2) is 0 Å². The number of carbonyl (C=O) groups is 1. The number of methoxy groups -OCH3 is 1. The third-order valence-corrected chi connectivity index (χ3v) is 3.81. The van der Waals surface area contributed by atoms with E-state index >= 15 is 0 Å². The molecule has 0 aliphatic rings. The third kappa shape index (κ3) is 3.86. The Hall–Kier alpha value is -1.74. The van der Waals surface area contributed by atoms with Gasteiger partial charge in [-0.1, -0.05) is 13.8 Å². The molecule has 6 heteroatoms. The molecule has 0 spiro atoms. The van der Waals surface area contributed by atoms with Gasteiger partial charge in [-0.25, -0.2) is 4.79 Å². The van der Waals surface area contributed by atoms with Crippen LogP contribution in [0.1, 0.15) is 41.9 Å². The Kier molecular flexibility index (Phi) is 5.64. The van der Waals surface area contributed by atoms with Gasteiger partial charge in [0, 0.05) is 6.54 Å². The molecule has 19 heavy (non-hydrogen) atoms. The molecule has 0 aliphatic heterocycles. The molecule has 1 heterocycles. The van der Waals surface area contributed by atoms with Crippen molar-refractivity contribution in [1.29, 1.82) is 5.26 Å². The summed E-state index contributed by atoms with van der Waals surface area (Å²) in [5.41, 5.74) is 6.32. The van der Waals surface area contributed by atoms with Crippen LogP contribution in [0, 0.1) is 17.2 Å². The Bertz CT molecular complexity index is 489. The summed E-state index contributed by atoms with van der Waals surface area (Å²) >= 11 is 1.17. The monoisotopic (exact) mass is 281 g/mol. The number of hydrogen-bond donors (Lipinski definition) is 2. The molecule has 0 aliphatic carbocycles. The maximum Gasteiger partial charge on any atom is 0.350 e. The molecule has 1 aromatic rings. The first kappa shape index (κ1) is 15.3. The van der Waals surface area contributed by atoms with Crippen LogP contribution >= 0.6 is 11.3 Å². The first-order valence-electron chi connectivity index (χ1n) is 6.15. The summed E-state index contributed by atoms with van der Waals surface area (Å²) < 4.78 is 4.64. The van der Waals surface area contributed by atoms with Crippen LogP contribution in [0.3, 0.4) is 0 Å². The van der Waals surface area contributed by atoms with Crippen molar-refractivity contribution >= 4 is 28.0 Å². The molecule has 5 nitrogen and oxygen atoms in total. The van der Waals surface area contributed by atoms with Crippen LogP contribution in [0.5, 0.6) is 0 Å². The topological polar surface area (TPSA) is 88.1 Å². The molecule has 0 fully saturated rings. The molecule has 0 aromatic carbocycles. The van der Waals surface area contributed by atoms with Crippen molar-refractivity contribution in [3.05, 3.63) is 10.4 Å². The van der Waals surface area contributed by atoms with E-state index in [2.05, 4.69) is 23.9 Å². The van der Waals surface area contributed by atoms with Crippen molar-refractivity contribution in [3.8, 4) is 6.07 Å². The fourth-order valence-corrected chi connectivity index (χ4v) is 2.65. The second-order valence-corrected chi connectivity index (χ2v) is 5.64. The van der Waals surface area contributed by atoms with E-state index in [1.807, 2.05) is 6.07 Å². The molecule has 0 saturated carbocycles. The molecule has 0 amide bonds. The van der Waals surface area contributed by atoms with Gasteiger partial charge < -0.3 is 15.8 Å². The molecular formula is C13H19N3O2S.